The smallest absolute Gasteiger partial charge is 0.323 e. The minimum absolute atomic E-state index is 0. The van der Waals surface area contributed by atoms with Gasteiger partial charge in [0, 0.05) is 0 Å². The number of hydrogen-bond acceptors (Lipinski definition) is 6. The van der Waals surface area contributed by atoms with Crippen LogP contribution in [0.5, 0.6) is 0 Å². The molecule has 0 rings (SSSR count). The maximum Gasteiger partial charge on any atom is 0.323 e. The van der Waals surface area contributed by atoms with Crippen molar-refractivity contribution < 1.29 is 19.1 Å². The Bertz CT molecular complexity index is 253. The summed E-state index contributed by atoms with van der Waals surface area (Å²) < 4.78 is 9.80. The molecule has 0 aromatic carbocycles. The normalized spacial score (nSPS) is 12.7. The fourth-order valence-electron chi connectivity index (χ4n) is 0.904. The average molecular weight is 306 g/mol. The van der Waals surface area contributed by atoms with Gasteiger partial charge in [-0.1, -0.05) is 7.43 Å². The Morgan fingerprint density at radius 3 is 1.10 bits per heavy atom. The maximum absolute atomic E-state index is 10.9. The fourth-order valence-corrected chi connectivity index (χ4v) is 0.904. The maximum atomic E-state index is 10.9. The highest BCUT2D eigenvalue weighted by atomic mass is 16.5. The van der Waals surface area contributed by atoms with Crippen molar-refractivity contribution in [3.8, 4) is 0 Å². The summed E-state index contributed by atoms with van der Waals surface area (Å²) >= 11 is 0. The Labute approximate surface area is 130 Å². The molecule has 0 radical (unpaired) electrons. The minimum atomic E-state index is -0.206. The lowest BCUT2D eigenvalue weighted by Gasteiger charge is -2.12. The van der Waals surface area contributed by atoms with Crippen LogP contribution >= 0.6 is 0 Å². The SMILES string of the molecule is C.CN[C@@H](C)C(=O)OC(C)C.CN[C@H](C)C(=O)OC(C)C. The number of esters is 2. The molecule has 0 aliphatic heterocycles. The summed E-state index contributed by atoms with van der Waals surface area (Å²) in [5.74, 6) is -0.394. The van der Waals surface area contributed by atoms with Gasteiger partial charge < -0.3 is 20.1 Å². The zero-order valence-corrected chi connectivity index (χ0v) is 13.9. The molecule has 0 amide bonds. The molecule has 2 N–H and O–H groups in total. The highest BCUT2D eigenvalue weighted by Crippen LogP contribution is 1.93. The summed E-state index contributed by atoms with van der Waals surface area (Å²) in [6.45, 7) is 10.9. The van der Waals surface area contributed by atoms with Crippen LogP contribution in [0, 0.1) is 0 Å². The first-order chi connectivity index (χ1) is 9.15. The molecule has 0 aromatic heterocycles. The molecule has 0 aliphatic rings. The van der Waals surface area contributed by atoms with Crippen molar-refractivity contribution in [1.29, 1.82) is 0 Å². The number of carbonyl (C=O) groups is 2. The van der Waals surface area contributed by atoms with E-state index >= 15 is 0 Å². The monoisotopic (exact) mass is 306 g/mol. The third-order valence-electron chi connectivity index (χ3n) is 2.28. The number of ether oxygens (including phenoxy) is 2. The molecular formula is C15H34N2O4. The molecule has 0 aliphatic carbocycles. The van der Waals surface area contributed by atoms with Crippen molar-refractivity contribution >= 4 is 11.9 Å². The van der Waals surface area contributed by atoms with Crippen molar-refractivity contribution in [2.24, 2.45) is 0 Å². The Morgan fingerprint density at radius 1 is 0.714 bits per heavy atom. The van der Waals surface area contributed by atoms with E-state index in [9.17, 15) is 9.59 Å². The molecule has 0 spiro atoms. The third kappa shape index (κ3) is 15.1. The van der Waals surface area contributed by atoms with Crippen LogP contribution in [-0.2, 0) is 19.1 Å². The van der Waals surface area contributed by atoms with E-state index in [2.05, 4.69) is 10.6 Å². The van der Waals surface area contributed by atoms with Crippen molar-refractivity contribution in [3.63, 3.8) is 0 Å². The molecule has 128 valence electrons. The van der Waals surface area contributed by atoms with E-state index in [-0.39, 0.29) is 43.7 Å². The topological polar surface area (TPSA) is 76.7 Å². The van der Waals surface area contributed by atoms with E-state index in [0.717, 1.165) is 0 Å². The average Bonchev–Trinajstić information content (AvgIpc) is 2.35. The number of nitrogens with one attached hydrogen (secondary N) is 2. The predicted molar refractivity (Wildman–Crippen MR) is 86.2 cm³/mol. The van der Waals surface area contributed by atoms with E-state index in [1.54, 1.807) is 27.9 Å². The summed E-state index contributed by atoms with van der Waals surface area (Å²) in [6, 6.07) is -0.412. The van der Waals surface area contributed by atoms with E-state index in [1.807, 2.05) is 27.7 Å². The number of rotatable bonds is 6. The van der Waals surface area contributed by atoms with Gasteiger partial charge >= 0.3 is 11.9 Å². The van der Waals surface area contributed by atoms with Crippen LogP contribution in [0.2, 0.25) is 0 Å². The zero-order valence-electron chi connectivity index (χ0n) is 13.9. The summed E-state index contributed by atoms with van der Waals surface area (Å²) in [7, 11) is 3.46. The van der Waals surface area contributed by atoms with Gasteiger partial charge in [-0.15, -0.1) is 0 Å². The van der Waals surface area contributed by atoms with Gasteiger partial charge in [0.1, 0.15) is 12.1 Å². The Kier molecular flexibility index (Phi) is 16.4. The molecule has 0 fully saturated rings. The van der Waals surface area contributed by atoms with Crippen LogP contribution in [0.3, 0.4) is 0 Å². The second-order valence-corrected chi connectivity index (χ2v) is 4.99. The highest BCUT2D eigenvalue weighted by molar-refractivity contribution is 5.75. The molecule has 0 aromatic rings. The second kappa shape index (κ2) is 13.8. The molecule has 6 nitrogen and oxygen atoms in total. The summed E-state index contributed by atoms with van der Waals surface area (Å²) in [6.07, 6.45) is -0.0494. The molecule has 0 saturated carbocycles. The highest BCUT2D eigenvalue weighted by Gasteiger charge is 2.12. The number of hydrogen-bond donors (Lipinski definition) is 2. The van der Waals surface area contributed by atoms with Crippen molar-refractivity contribution in [2.45, 2.75) is 73.3 Å². The van der Waals surface area contributed by atoms with Crippen LogP contribution < -0.4 is 10.6 Å². The molecule has 0 bridgehead atoms. The van der Waals surface area contributed by atoms with Crippen molar-refractivity contribution in [3.05, 3.63) is 0 Å². The van der Waals surface area contributed by atoms with Gasteiger partial charge in [0.05, 0.1) is 12.2 Å². The lowest BCUT2D eigenvalue weighted by molar-refractivity contribution is -0.150. The molecule has 0 saturated heterocycles. The molecule has 2 atom stereocenters. The number of carbonyl (C=O) groups excluding carboxylic acids is 2. The zero-order chi connectivity index (χ0) is 16.3. The van der Waals surface area contributed by atoms with Crippen LogP contribution in [0.4, 0.5) is 0 Å². The van der Waals surface area contributed by atoms with Crippen molar-refractivity contribution in [2.75, 3.05) is 14.1 Å². The lowest BCUT2D eigenvalue weighted by atomic mass is 10.3. The van der Waals surface area contributed by atoms with E-state index < -0.39 is 0 Å². The standard InChI is InChI=1S/2C7H15NO2.CH4/c2*1-5(2)10-7(9)6(3)8-4;/h2*5-6,8H,1-4H3;1H4/t2*6-;/m10./s1. The molecule has 0 unspecified atom stereocenters. The first kappa shape index (κ1) is 24.9. The summed E-state index contributed by atoms with van der Waals surface area (Å²) in [5.41, 5.74) is 0. The van der Waals surface area contributed by atoms with E-state index in [4.69, 9.17) is 9.47 Å². The molecule has 0 heterocycles. The van der Waals surface area contributed by atoms with E-state index in [0.29, 0.717) is 0 Å². The van der Waals surface area contributed by atoms with Gasteiger partial charge in [0.2, 0.25) is 0 Å². The van der Waals surface area contributed by atoms with Gasteiger partial charge in [-0.25, -0.2) is 0 Å². The Hall–Kier alpha value is -1.14. The van der Waals surface area contributed by atoms with E-state index in [1.165, 1.54) is 0 Å². The Balaban J connectivity index is -0.000000295. The van der Waals surface area contributed by atoms with Gasteiger partial charge in [0.25, 0.3) is 0 Å². The molecular weight excluding hydrogens is 272 g/mol. The molecule has 6 heteroatoms. The van der Waals surface area contributed by atoms with Gasteiger partial charge in [0.15, 0.2) is 0 Å². The van der Waals surface area contributed by atoms with Gasteiger partial charge in [-0.05, 0) is 55.6 Å². The molecule has 21 heavy (non-hydrogen) atoms. The third-order valence-corrected chi connectivity index (χ3v) is 2.28. The van der Waals surface area contributed by atoms with Crippen molar-refractivity contribution in [1.82, 2.24) is 10.6 Å². The summed E-state index contributed by atoms with van der Waals surface area (Å²) in [5, 5.41) is 5.59. The first-order valence-corrected chi connectivity index (χ1v) is 6.91. The number of likely N-dealkylation sites (N-methyl/N-ethyl adjacent to an activating group) is 2. The summed E-state index contributed by atoms with van der Waals surface area (Å²) in [4.78, 5) is 21.8. The Morgan fingerprint density at radius 2 is 0.952 bits per heavy atom. The fraction of sp³-hybridized carbons (Fsp3) is 0.867. The van der Waals surface area contributed by atoms with Crippen LogP contribution in [0.1, 0.15) is 49.0 Å². The van der Waals surface area contributed by atoms with Gasteiger partial charge in [-0.3, -0.25) is 9.59 Å². The second-order valence-electron chi connectivity index (χ2n) is 4.99. The van der Waals surface area contributed by atoms with Crippen LogP contribution in [-0.4, -0.2) is 50.3 Å². The quantitative estimate of drug-likeness (QED) is 0.728. The minimum Gasteiger partial charge on any atom is -0.462 e. The van der Waals surface area contributed by atoms with Crippen LogP contribution in [0.15, 0.2) is 0 Å². The van der Waals surface area contributed by atoms with Crippen LogP contribution in [0.25, 0.3) is 0 Å². The first-order valence-electron chi connectivity index (χ1n) is 6.91. The lowest BCUT2D eigenvalue weighted by Crippen LogP contribution is -2.33. The van der Waals surface area contributed by atoms with Gasteiger partial charge in [-0.2, -0.15) is 0 Å². The predicted octanol–water partition coefficient (Wildman–Crippen LogP) is 1.73. The largest absolute Gasteiger partial charge is 0.462 e.